The maximum absolute atomic E-state index is 5.09. The summed E-state index contributed by atoms with van der Waals surface area (Å²) in [5, 5.41) is 0. The minimum atomic E-state index is 0.0300. The number of hydrogen-bond acceptors (Lipinski definition) is 2. The van der Waals surface area contributed by atoms with Gasteiger partial charge in [-0.05, 0) is 37.3 Å². The minimum absolute atomic E-state index is 0.0300. The van der Waals surface area contributed by atoms with Crippen LogP contribution in [0.3, 0.4) is 0 Å². The van der Waals surface area contributed by atoms with Gasteiger partial charge in [-0.1, -0.05) is 66.2 Å². The van der Waals surface area contributed by atoms with Crippen molar-refractivity contribution >= 4 is 17.2 Å². The van der Waals surface area contributed by atoms with Crippen LogP contribution < -0.4 is 4.90 Å². The van der Waals surface area contributed by atoms with Crippen LogP contribution in [0.5, 0.6) is 0 Å². The van der Waals surface area contributed by atoms with Crippen molar-refractivity contribution in [1.82, 2.24) is 4.98 Å². The molecule has 0 radical (unpaired) electrons. The van der Waals surface area contributed by atoms with Crippen molar-refractivity contribution in [3.63, 3.8) is 0 Å². The quantitative estimate of drug-likeness (QED) is 0.475. The fourth-order valence-corrected chi connectivity index (χ4v) is 3.84. The number of anilines is 1. The summed E-state index contributed by atoms with van der Waals surface area (Å²) in [6.07, 6.45) is 1.98. The summed E-state index contributed by atoms with van der Waals surface area (Å²) in [6.45, 7) is 2.11. The van der Waals surface area contributed by atoms with Gasteiger partial charge in [0.15, 0.2) is 0 Å². The van der Waals surface area contributed by atoms with Crippen LogP contribution >= 0.6 is 0 Å². The zero-order valence-corrected chi connectivity index (χ0v) is 15.7. The summed E-state index contributed by atoms with van der Waals surface area (Å²) < 4.78 is 0. The normalized spacial score (nSPS) is 15.8. The monoisotopic (exact) mass is 363 g/mol. The molecule has 2 heterocycles. The van der Waals surface area contributed by atoms with Gasteiger partial charge in [-0.3, -0.25) is 0 Å². The zero-order valence-electron chi connectivity index (χ0n) is 15.7. The lowest BCUT2D eigenvalue weighted by molar-refractivity contribution is 0.799. The second-order valence-corrected chi connectivity index (χ2v) is 7.09. The molecule has 1 N–H and O–H groups in total. The number of aromatic amines is 1. The van der Waals surface area contributed by atoms with E-state index in [1.54, 1.807) is 0 Å². The fraction of sp³-hybridized carbons (Fsp3) is 0.0800. The van der Waals surface area contributed by atoms with Gasteiger partial charge < -0.3 is 9.88 Å². The Morgan fingerprint density at radius 3 is 2.29 bits per heavy atom. The van der Waals surface area contributed by atoms with Crippen LogP contribution in [0.2, 0.25) is 0 Å². The predicted octanol–water partition coefficient (Wildman–Crippen LogP) is 6.01. The van der Waals surface area contributed by atoms with E-state index in [-0.39, 0.29) is 6.04 Å². The second kappa shape index (κ2) is 6.86. The lowest BCUT2D eigenvalue weighted by Gasteiger charge is -2.38. The zero-order chi connectivity index (χ0) is 18.9. The van der Waals surface area contributed by atoms with Gasteiger partial charge in [-0.15, -0.1) is 0 Å². The molecule has 0 amide bonds. The molecule has 3 nitrogen and oxygen atoms in total. The summed E-state index contributed by atoms with van der Waals surface area (Å²) in [7, 11) is 0. The molecule has 0 bridgehead atoms. The Labute approximate surface area is 165 Å². The number of benzene rings is 3. The molecule has 0 spiro atoms. The lowest BCUT2D eigenvalue weighted by Crippen LogP contribution is -2.38. The Morgan fingerprint density at radius 2 is 1.54 bits per heavy atom. The number of aryl methyl sites for hydroxylation is 1. The highest BCUT2D eigenvalue weighted by atomic mass is 15.2. The van der Waals surface area contributed by atoms with Gasteiger partial charge in [0.25, 0.3) is 0 Å². The number of nitrogens with one attached hydrogen (secondary N) is 1. The third kappa shape index (κ3) is 2.81. The first-order valence-corrected chi connectivity index (χ1v) is 9.53. The lowest BCUT2D eigenvalue weighted by atomic mass is 9.95. The van der Waals surface area contributed by atoms with Crippen LogP contribution in [0.25, 0.3) is 0 Å². The highest BCUT2D eigenvalue weighted by molar-refractivity contribution is 6.13. The number of aliphatic imine (C=N–C) groups is 1. The van der Waals surface area contributed by atoms with Gasteiger partial charge in [-0.2, -0.15) is 0 Å². The van der Waals surface area contributed by atoms with Crippen molar-refractivity contribution < 1.29 is 0 Å². The number of rotatable bonds is 3. The van der Waals surface area contributed by atoms with Gasteiger partial charge in [0.1, 0.15) is 11.9 Å². The first-order valence-electron chi connectivity index (χ1n) is 9.53. The van der Waals surface area contributed by atoms with Crippen LogP contribution in [0, 0.1) is 6.92 Å². The molecule has 1 aliphatic heterocycles. The number of H-pyrrole nitrogens is 1. The number of amidine groups is 1. The molecule has 0 saturated carbocycles. The van der Waals surface area contributed by atoms with Gasteiger partial charge >= 0.3 is 0 Å². The molecule has 0 fully saturated rings. The van der Waals surface area contributed by atoms with Crippen LogP contribution in [0.4, 0.5) is 11.4 Å². The van der Waals surface area contributed by atoms with Crippen molar-refractivity contribution in [2.24, 2.45) is 4.99 Å². The first kappa shape index (κ1) is 16.6. The molecule has 28 heavy (non-hydrogen) atoms. The van der Waals surface area contributed by atoms with Crippen molar-refractivity contribution in [3.05, 3.63) is 120 Å². The minimum Gasteiger partial charge on any atom is -0.363 e. The van der Waals surface area contributed by atoms with E-state index in [4.69, 9.17) is 4.99 Å². The van der Waals surface area contributed by atoms with Gasteiger partial charge in [0.2, 0.25) is 0 Å². The third-order valence-electron chi connectivity index (χ3n) is 5.20. The highest BCUT2D eigenvalue weighted by Crippen LogP contribution is 2.42. The topological polar surface area (TPSA) is 31.4 Å². The molecule has 0 saturated heterocycles. The van der Waals surface area contributed by atoms with E-state index in [0.717, 1.165) is 28.5 Å². The summed E-state index contributed by atoms with van der Waals surface area (Å²) in [6, 6.07) is 31.7. The average molecular weight is 363 g/mol. The van der Waals surface area contributed by atoms with E-state index in [1.165, 1.54) is 11.1 Å². The molecule has 1 aromatic heterocycles. The number of nitrogens with zero attached hydrogens (tertiary/aromatic N) is 2. The number of para-hydroxylation sites is 2. The summed E-state index contributed by atoms with van der Waals surface area (Å²) in [4.78, 5) is 10.9. The molecule has 1 unspecified atom stereocenters. The third-order valence-corrected chi connectivity index (χ3v) is 5.20. The summed E-state index contributed by atoms with van der Waals surface area (Å²) in [5.74, 6) is 0.963. The van der Waals surface area contributed by atoms with E-state index in [2.05, 4.69) is 102 Å². The highest BCUT2D eigenvalue weighted by Gasteiger charge is 2.33. The van der Waals surface area contributed by atoms with E-state index in [0.29, 0.717) is 0 Å². The van der Waals surface area contributed by atoms with Crippen molar-refractivity contribution in [2.45, 2.75) is 13.0 Å². The average Bonchev–Trinajstić information content (AvgIpc) is 3.28. The molecule has 1 aliphatic rings. The number of hydrogen-bond donors (Lipinski definition) is 1. The number of fused-ring (bicyclic) bond motifs is 1. The van der Waals surface area contributed by atoms with Crippen LogP contribution in [-0.4, -0.2) is 10.8 Å². The Morgan fingerprint density at radius 1 is 0.786 bits per heavy atom. The number of aromatic nitrogens is 1. The van der Waals surface area contributed by atoms with Crippen molar-refractivity contribution in [2.75, 3.05) is 4.90 Å². The fourth-order valence-electron chi connectivity index (χ4n) is 3.84. The van der Waals surface area contributed by atoms with E-state index in [9.17, 15) is 0 Å². The Kier molecular flexibility index (Phi) is 4.06. The molecule has 0 aliphatic carbocycles. The van der Waals surface area contributed by atoms with Gasteiger partial charge in [0.05, 0.1) is 5.69 Å². The smallest absolute Gasteiger partial charge is 0.141 e. The summed E-state index contributed by atoms with van der Waals surface area (Å²) >= 11 is 0. The molecular weight excluding hydrogens is 342 g/mol. The maximum Gasteiger partial charge on any atom is 0.141 e. The van der Waals surface area contributed by atoms with Crippen molar-refractivity contribution in [3.8, 4) is 0 Å². The van der Waals surface area contributed by atoms with Gasteiger partial charge in [-0.25, -0.2) is 4.99 Å². The van der Waals surface area contributed by atoms with E-state index >= 15 is 0 Å². The first-order chi connectivity index (χ1) is 13.8. The molecular formula is C25H21N3. The summed E-state index contributed by atoms with van der Waals surface area (Å²) in [5.41, 5.74) is 6.84. The largest absolute Gasteiger partial charge is 0.363 e. The van der Waals surface area contributed by atoms with Crippen LogP contribution in [-0.2, 0) is 0 Å². The Hall–Kier alpha value is -3.59. The van der Waals surface area contributed by atoms with Gasteiger partial charge in [0, 0.05) is 28.7 Å². The molecule has 1 atom stereocenters. The molecule has 136 valence electrons. The second-order valence-electron chi connectivity index (χ2n) is 7.09. The van der Waals surface area contributed by atoms with Crippen molar-refractivity contribution in [1.29, 1.82) is 0 Å². The molecule has 4 aromatic rings. The molecule has 3 aromatic carbocycles. The SMILES string of the molecule is Cc1ccc(C2=Nc3ccccc3C(c3ccc[nH]3)N2c2ccccc2)cc1. The Balaban J connectivity index is 1.78. The van der Waals surface area contributed by atoms with E-state index in [1.807, 2.05) is 12.3 Å². The maximum atomic E-state index is 5.09. The Bertz CT molecular complexity index is 1110. The van der Waals surface area contributed by atoms with Crippen LogP contribution in [0.15, 0.2) is 102 Å². The van der Waals surface area contributed by atoms with E-state index < -0.39 is 0 Å². The molecule has 3 heteroatoms. The standard InChI is InChI=1S/C25H21N3/c1-18-13-15-19(16-14-18)25-27-22-11-6-5-10-21(22)24(23-12-7-17-26-23)28(25)20-8-3-2-4-9-20/h2-17,24,26H,1H3. The predicted molar refractivity (Wildman–Crippen MR) is 115 cm³/mol. The van der Waals surface area contributed by atoms with Crippen LogP contribution in [0.1, 0.15) is 28.4 Å². The molecule has 5 rings (SSSR count).